The molecule has 71 heavy (non-hydrogen) atoms. The summed E-state index contributed by atoms with van der Waals surface area (Å²) in [5, 5.41) is 0. The van der Waals surface area contributed by atoms with Crippen LogP contribution in [0.1, 0.15) is 303 Å². The monoisotopic (exact) mass is 991 g/mol. The number of allylic oxidation sites excluding steroid dienone is 12. The Morgan fingerprint density at radius 1 is 0.296 bits per heavy atom. The third-order valence-corrected chi connectivity index (χ3v) is 13.2. The van der Waals surface area contributed by atoms with Gasteiger partial charge in [-0.25, -0.2) is 0 Å². The summed E-state index contributed by atoms with van der Waals surface area (Å²) in [6, 6.07) is 0. The molecule has 0 aliphatic carbocycles. The normalized spacial score (nSPS) is 12.5. The average molecular weight is 992 g/mol. The zero-order valence-electron chi connectivity index (χ0n) is 47.0. The van der Waals surface area contributed by atoms with Gasteiger partial charge in [0, 0.05) is 19.3 Å². The Hall–Kier alpha value is -3.15. The van der Waals surface area contributed by atoms with Crippen molar-refractivity contribution in [3.05, 3.63) is 72.9 Å². The third kappa shape index (κ3) is 57.6. The van der Waals surface area contributed by atoms with Gasteiger partial charge in [0.2, 0.25) is 0 Å². The van der Waals surface area contributed by atoms with Gasteiger partial charge in [-0.05, 0) is 83.5 Å². The predicted molar refractivity (Wildman–Crippen MR) is 307 cm³/mol. The Bertz CT molecular complexity index is 1320. The van der Waals surface area contributed by atoms with E-state index in [9.17, 15) is 14.4 Å². The fourth-order valence-electron chi connectivity index (χ4n) is 8.63. The minimum Gasteiger partial charge on any atom is -0.462 e. The second kappa shape index (κ2) is 59.4. The van der Waals surface area contributed by atoms with Crippen LogP contribution in [-0.2, 0) is 28.6 Å². The van der Waals surface area contributed by atoms with Gasteiger partial charge in [-0.3, -0.25) is 14.4 Å². The van der Waals surface area contributed by atoms with Crippen LogP contribution in [0.4, 0.5) is 0 Å². The van der Waals surface area contributed by atoms with Crippen LogP contribution in [0.25, 0.3) is 0 Å². The van der Waals surface area contributed by atoms with Crippen LogP contribution in [0.5, 0.6) is 0 Å². The SMILES string of the molecule is CC/C=C\C/C=C\C/C=C\C/C=C\CCCCCCCCCCCCCCCCC(=O)OCC(COC(=O)CCCCCCCCCCCCCC)OC(=O)CCCCCCC/C=C\C/C=C\CCCC. The number of hydrogen-bond acceptors (Lipinski definition) is 6. The van der Waals surface area contributed by atoms with Gasteiger partial charge in [-0.1, -0.05) is 273 Å². The van der Waals surface area contributed by atoms with E-state index in [1.165, 1.54) is 154 Å². The highest BCUT2D eigenvalue weighted by Gasteiger charge is 2.19. The summed E-state index contributed by atoms with van der Waals surface area (Å²) >= 11 is 0. The highest BCUT2D eigenvalue weighted by molar-refractivity contribution is 5.71. The maximum Gasteiger partial charge on any atom is 0.306 e. The van der Waals surface area contributed by atoms with E-state index in [0.717, 1.165) is 109 Å². The Kier molecular flexibility index (Phi) is 56.8. The van der Waals surface area contributed by atoms with E-state index in [4.69, 9.17) is 14.2 Å². The van der Waals surface area contributed by atoms with Crippen molar-refractivity contribution in [2.75, 3.05) is 13.2 Å². The van der Waals surface area contributed by atoms with Crippen molar-refractivity contribution in [3.8, 4) is 0 Å². The topological polar surface area (TPSA) is 78.9 Å². The van der Waals surface area contributed by atoms with Crippen LogP contribution in [0, 0.1) is 0 Å². The molecular formula is C65H114O6. The molecule has 0 aromatic heterocycles. The van der Waals surface area contributed by atoms with E-state index >= 15 is 0 Å². The first-order chi connectivity index (χ1) is 35.0. The van der Waals surface area contributed by atoms with Crippen LogP contribution in [0.3, 0.4) is 0 Å². The molecule has 0 rings (SSSR count). The molecule has 0 saturated heterocycles. The lowest BCUT2D eigenvalue weighted by molar-refractivity contribution is -0.167. The second-order valence-electron chi connectivity index (χ2n) is 20.2. The van der Waals surface area contributed by atoms with Crippen LogP contribution in [0.2, 0.25) is 0 Å². The predicted octanol–water partition coefficient (Wildman–Crippen LogP) is 20.5. The Morgan fingerprint density at radius 2 is 0.563 bits per heavy atom. The molecule has 0 saturated carbocycles. The number of rotatable bonds is 55. The fourth-order valence-corrected chi connectivity index (χ4v) is 8.63. The van der Waals surface area contributed by atoms with Gasteiger partial charge in [0.05, 0.1) is 0 Å². The van der Waals surface area contributed by atoms with Crippen LogP contribution >= 0.6 is 0 Å². The molecule has 1 unspecified atom stereocenters. The molecule has 0 fully saturated rings. The van der Waals surface area contributed by atoms with Gasteiger partial charge in [0.25, 0.3) is 0 Å². The van der Waals surface area contributed by atoms with Crippen LogP contribution < -0.4 is 0 Å². The van der Waals surface area contributed by atoms with Crippen molar-refractivity contribution >= 4 is 17.9 Å². The number of carbonyl (C=O) groups is 3. The molecule has 0 aromatic carbocycles. The number of ether oxygens (including phenoxy) is 3. The Morgan fingerprint density at radius 3 is 0.901 bits per heavy atom. The average Bonchev–Trinajstić information content (AvgIpc) is 3.37. The summed E-state index contributed by atoms with van der Waals surface area (Å²) in [6.45, 7) is 6.50. The molecule has 0 bridgehead atoms. The summed E-state index contributed by atoms with van der Waals surface area (Å²) in [7, 11) is 0. The molecule has 0 aliphatic rings. The van der Waals surface area contributed by atoms with Crippen LogP contribution in [-0.4, -0.2) is 37.2 Å². The number of esters is 3. The van der Waals surface area contributed by atoms with Gasteiger partial charge in [-0.15, -0.1) is 0 Å². The lowest BCUT2D eigenvalue weighted by Gasteiger charge is -2.18. The Labute approximate surface area is 440 Å². The Balaban J connectivity index is 4.22. The van der Waals surface area contributed by atoms with Crippen molar-refractivity contribution in [1.82, 2.24) is 0 Å². The van der Waals surface area contributed by atoms with Gasteiger partial charge in [-0.2, -0.15) is 0 Å². The summed E-state index contributed by atoms with van der Waals surface area (Å²) in [5.74, 6) is -0.881. The molecule has 1 atom stereocenters. The maximum atomic E-state index is 12.8. The van der Waals surface area contributed by atoms with Gasteiger partial charge >= 0.3 is 17.9 Å². The number of hydrogen-bond donors (Lipinski definition) is 0. The van der Waals surface area contributed by atoms with E-state index in [-0.39, 0.29) is 31.1 Å². The first-order valence-corrected chi connectivity index (χ1v) is 30.4. The van der Waals surface area contributed by atoms with Crippen molar-refractivity contribution in [2.45, 2.75) is 309 Å². The lowest BCUT2D eigenvalue weighted by atomic mass is 10.0. The molecule has 0 aliphatic heterocycles. The van der Waals surface area contributed by atoms with Gasteiger partial charge in [0.15, 0.2) is 6.10 Å². The quantitative estimate of drug-likeness (QED) is 0.0261. The van der Waals surface area contributed by atoms with E-state index in [1.54, 1.807) is 0 Å². The second-order valence-corrected chi connectivity index (χ2v) is 20.2. The van der Waals surface area contributed by atoms with E-state index in [2.05, 4.69) is 93.7 Å². The van der Waals surface area contributed by atoms with Crippen molar-refractivity contribution in [2.24, 2.45) is 0 Å². The first kappa shape index (κ1) is 67.8. The summed E-state index contributed by atoms with van der Waals surface area (Å²) in [4.78, 5) is 38.2. The maximum absolute atomic E-state index is 12.8. The number of carbonyl (C=O) groups excluding carboxylic acids is 3. The summed E-state index contributed by atoms with van der Waals surface area (Å²) in [5.41, 5.74) is 0. The highest BCUT2D eigenvalue weighted by atomic mass is 16.6. The smallest absolute Gasteiger partial charge is 0.306 e. The van der Waals surface area contributed by atoms with Crippen LogP contribution in [0.15, 0.2) is 72.9 Å². The van der Waals surface area contributed by atoms with E-state index < -0.39 is 6.10 Å². The third-order valence-electron chi connectivity index (χ3n) is 13.2. The first-order valence-electron chi connectivity index (χ1n) is 30.4. The van der Waals surface area contributed by atoms with E-state index in [0.29, 0.717) is 19.3 Å². The van der Waals surface area contributed by atoms with Gasteiger partial charge < -0.3 is 14.2 Å². The lowest BCUT2D eigenvalue weighted by Crippen LogP contribution is -2.30. The van der Waals surface area contributed by atoms with Crippen molar-refractivity contribution in [3.63, 3.8) is 0 Å². The van der Waals surface area contributed by atoms with E-state index in [1.807, 2.05) is 0 Å². The van der Waals surface area contributed by atoms with Crippen molar-refractivity contribution in [1.29, 1.82) is 0 Å². The van der Waals surface area contributed by atoms with Crippen molar-refractivity contribution < 1.29 is 28.6 Å². The highest BCUT2D eigenvalue weighted by Crippen LogP contribution is 2.16. The minimum atomic E-state index is -0.780. The largest absolute Gasteiger partial charge is 0.462 e. The molecule has 0 spiro atoms. The molecule has 0 radical (unpaired) electrons. The summed E-state index contributed by atoms with van der Waals surface area (Å²) in [6.07, 6.45) is 76.2. The minimum absolute atomic E-state index is 0.0775. The molecule has 0 heterocycles. The zero-order chi connectivity index (χ0) is 51.4. The summed E-state index contributed by atoms with van der Waals surface area (Å²) < 4.78 is 16.9. The zero-order valence-corrected chi connectivity index (χ0v) is 47.0. The number of unbranched alkanes of at least 4 members (excludes halogenated alkanes) is 32. The molecule has 0 amide bonds. The molecule has 0 aromatic rings. The van der Waals surface area contributed by atoms with Gasteiger partial charge in [0.1, 0.15) is 13.2 Å². The standard InChI is InChI=1S/C65H114O6/c1-4-7-10-13-16-19-22-25-27-28-29-30-31-32-33-34-35-36-37-38-39-41-43-46-49-52-55-58-64(67)70-61-62(60-69-63(66)57-54-51-48-45-42-24-21-18-15-12-9-6-3)71-65(68)59-56-53-50-47-44-40-26-23-20-17-14-11-8-5-2/h7,10,14,16-17,19,23,25-27,29-30,62H,4-6,8-9,11-13,15,18,20-22,24,28,31-61H2,1-3H3/b10-7-,17-14-,19-16-,26-23-,27-25-,30-29-. The molecule has 6 nitrogen and oxygen atoms in total. The molecule has 410 valence electrons. The molecule has 6 heteroatoms. The fraction of sp³-hybridized carbons (Fsp3) is 0.769. The molecule has 0 N–H and O–H groups in total. The molecular weight excluding hydrogens is 877 g/mol.